The predicted molar refractivity (Wildman–Crippen MR) is 63.3 cm³/mol. The monoisotopic (exact) mass is 228 g/mol. The van der Waals surface area contributed by atoms with Crippen LogP contribution in [0.5, 0.6) is 0 Å². The van der Waals surface area contributed by atoms with Gasteiger partial charge in [-0.15, -0.1) is 0 Å². The number of hydrogen-bond donors (Lipinski definition) is 1. The quantitative estimate of drug-likeness (QED) is 0.512. The van der Waals surface area contributed by atoms with Gasteiger partial charge in [-0.25, -0.2) is 0 Å². The summed E-state index contributed by atoms with van der Waals surface area (Å²) in [5.41, 5.74) is 0. The Hall–Kier alpha value is 0.730. The van der Waals surface area contributed by atoms with Crippen molar-refractivity contribution in [2.45, 2.75) is 58.8 Å². The first-order chi connectivity index (χ1) is 6.22. The fraction of sp³-hybridized carbons (Fsp3) is 0.909. The van der Waals surface area contributed by atoms with Crippen molar-refractivity contribution in [3.63, 3.8) is 0 Å². The second-order valence-electron chi connectivity index (χ2n) is 3.67. The third kappa shape index (κ3) is 9.29. The van der Waals surface area contributed by atoms with Crippen molar-refractivity contribution in [1.82, 2.24) is 0 Å². The molecule has 0 rings (SSSR count). The van der Waals surface area contributed by atoms with Crippen molar-refractivity contribution in [2.24, 2.45) is 5.92 Å². The molecule has 1 N–H and O–H groups in total. The van der Waals surface area contributed by atoms with E-state index in [1.165, 1.54) is 19.3 Å². The molecule has 0 fully saturated rings. The molecule has 0 radical (unpaired) electrons. The van der Waals surface area contributed by atoms with Gasteiger partial charge in [0, 0.05) is 0 Å². The zero-order valence-corrected chi connectivity index (χ0v) is 8.88. The molecule has 2 nitrogen and oxygen atoms in total. The third-order valence-corrected chi connectivity index (χ3v) is 2.39. The number of unbranched alkanes of at least 4 members (excludes halogenated alkanes) is 3. The van der Waals surface area contributed by atoms with E-state index in [1.54, 1.807) is 0 Å². The van der Waals surface area contributed by atoms with E-state index in [0.717, 1.165) is 25.7 Å². The molecule has 0 saturated heterocycles. The van der Waals surface area contributed by atoms with E-state index in [1.807, 2.05) is 6.92 Å². The number of carbonyl (C=O) groups is 1. The fourth-order valence-electron chi connectivity index (χ4n) is 1.56. The van der Waals surface area contributed by atoms with Crippen molar-refractivity contribution < 1.29 is 9.90 Å². The molecule has 0 aromatic rings. The van der Waals surface area contributed by atoms with Crippen LogP contribution in [-0.2, 0) is 4.79 Å². The van der Waals surface area contributed by atoms with Gasteiger partial charge in [0.05, 0.1) is 5.92 Å². The van der Waals surface area contributed by atoms with Crippen LogP contribution in [0.25, 0.3) is 0 Å². The van der Waals surface area contributed by atoms with Gasteiger partial charge in [0.1, 0.15) is 0 Å². The molecule has 1 atom stereocenters. The molecule has 14 heavy (non-hydrogen) atoms. The summed E-state index contributed by atoms with van der Waals surface area (Å²) in [6, 6.07) is 0. The Morgan fingerprint density at radius 2 is 1.71 bits per heavy atom. The van der Waals surface area contributed by atoms with Crippen molar-refractivity contribution in [3.05, 3.63) is 0 Å². The van der Waals surface area contributed by atoms with Crippen LogP contribution in [0.4, 0.5) is 0 Å². The molecule has 0 spiro atoms. The summed E-state index contributed by atoms with van der Waals surface area (Å²) in [5.74, 6) is -0.708. The van der Waals surface area contributed by atoms with Gasteiger partial charge in [0.15, 0.2) is 0 Å². The number of carboxylic acids is 1. The summed E-state index contributed by atoms with van der Waals surface area (Å²) in [5, 5.41) is 8.86. The number of hydrogen-bond acceptors (Lipinski definition) is 1. The molecule has 0 aromatic heterocycles. The van der Waals surface area contributed by atoms with Crippen LogP contribution in [-0.4, -0.2) is 48.8 Å². The molecule has 0 amide bonds. The van der Waals surface area contributed by atoms with Crippen LogP contribution in [0.15, 0.2) is 0 Å². The Kier molecular flexibility index (Phi) is 14.4. The molecule has 0 unspecified atom stereocenters. The molecule has 0 saturated carbocycles. The Bertz CT molecular complexity index is 137. The van der Waals surface area contributed by atoms with Crippen LogP contribution < -0.4 is 0 Å². The van der Waals surface area contributed by atoms with E-state index in [0.29, 0.717) is 0 Å². The third-order valence-electron chi connectivity index (χ3n) is 2.39. The fourth-order valence-corrected chi connectivity index (χ4v) is 1.56. The van der Waals surface area contributed by atoms with Gasteiger partial charge in [0.2, 0.25) is 0 Å². The molecule has 0 aromatic carbocycles. The van der Waals surface area contributed by atoms with Crippen molar-refractivity contribution in [3.8, 4) is 0 Å². The maximum atomic E-state index is 10.8. The van der Waals surface area contributed by atoms with Gasteiger partial charge >= 0.3 is 43.7 Å². The Balaban J connectivity index is 0. The molecule has 0 bridgehead atoms. The van der Waals surface area contributed by atoms with Gasteiger partial charge < -0.3 is 5.11 Å². The summed E-state index contributed by atoms with van der Waals surface area (Å²) in [6.07, 6.45) is 7.38. The topological polar surface area (TPSA) is 37.3 Å². The summed E-state index contributed by atoms with van der Waals surface area (Å²) in [7, 11) is 0. The number of carboxylic acid groups (broad SMARTS) is 1. The van der Waals surface area contributed by atoms with Crippen LogP contribution in [0.2, 0.25) is 0 Å². The zero-order valence-electron chi connectivity index (χ0n) is 8.88. The first-order valence-corrected chi connectivity index (χ1v) is 5.45. The summed E-state index contributed by atoms with van der Waals surface area (Å²) < 4.78 is 0. The second kappa shape index (κ2) is 11.8. The van der Waals surface area contributed by atoms with Gasteiger partial charge in [-0.05, 0) is 12.8 Å². The van der Waals surface area contributed by atoms with Crippen LogP contribution >= 0.6 is 0 Å². The molecular formula is C11H24CaO2. The summed E-state index contributed by atoms with van der Waals surface area (Å²) >= 11 is 0. The molecule has 3 heteroatoms. The van der Waals surface area contributed by atoms with Gasteiger partial charge in [-0.1, -0.05) is 46.0 Å². The van der Waals surface area contributed by atoms with Crippen LogP contribution in [0, 0.1) is 5.92 Å². The zero-order chi connectivity index (χ0) is 10.1. The first-order valence-electron chi connectivity index (χ1n) is 5.45. The van der Waals surface area contributed by atoms with Gasteiger partial charge in [-0.3, -0.25) is 4.79 Å². The molecule has 0 aliphatic heterocycles. The Labute approximate surface area is 117 Å². The molecular weight excluding hydrogens is 204 g/mol. The molecule has 0 aliphatic rings. The van der Waals surface area contributed by atoms with E-state index < -0.39 is 5.97 Å². The van der Waals surface area contributed by atoms with Crippen LogP contribution in [0.3, 0.4) is 0 Å². The van der Waals surface area contributed by atoms with Crippen LogP contribution in [0.1, 0.15) is 58.8 Å². The predicted octanol–water partition coefficient (Wildman–Crippen LogP) is 2.54. The SMILES string of the molecule is CCCCCC[C@H](CCC)C(=O)O.[CaH2]. The van der Waals surface area contributed by atoms with E-state index in [9.17, 15) is 4.79 Å². The average Bonchev–Trinajstić information content (AvgIpc) is 2.10. The van der Waals surface area contributed by atoms with E-state index in [2.05, 4.69) is 6.92 Å². The summed E-state index contributed by atoms with van der Waals surface area (Å²) in [4.78, 5) is 10.8. The first kappa shape index (κ1) is 17.1. The summed E-state index contributed by atoms with van der Waals surface area (Å²) in [6.45, 7) is 4.21. The maximum absolute atomic E-state index is 10.8. The average molecular weight is 228 g/mol. The van der Waals surface area contributed by atoms with Gasteiger partial charge in [-0.2, -0.15) is 0 Å². The number of rotatable bonds is 8. The minimum atomic E-state index is -0.613. The van der Waals surface area contributed by atoms with Crippen molar-refractivity contribution in [2.75, 3.05) is 0 Å². The Morgan fingerprint density at radius 1 is 1.07 bits per heavy atom. The second-order valence-corrected chi connectivity index (χ2v) is 3.67. The van der Waals surface area contributed by atoms with E-state index in [-0.39, 0.29) is 43.7 Å². The normalized spacial score (nSPS) is 11.9. The Morgan fingerprint density at radius 3 is 2.14 bits per heavy atom. The molecule has 82 valence electrons. The standard InChI is InChI=1S/C11H22O2.Ca.2H/c1-3-5-6-7-9-10(8-4-2)11(12)13;;;/h10H,3-9H2,1-2H3,(H,12,13);;;/t10-;;;/m0.../s1. The van der Waals surface area contributed by atoms with Gasteiger partial charge in [0.25, 0.3) is 0 Å². The van der Waals surface area contributed by atoms with Crippen molar-refractivity contribution in [1.29, 1.82) is 0 Å². The molecule has 0 heterocycles. The van der Waals surface area contributed by atoms with E-state index in [4.69, 9.17) is 5.11 Å². The van der Waals surface area contributed by atoms with Crippen molar-refractivity contribution >= 4 is 43.7 Å². The minimum absolute atomic E-state index is 0. The van der Waals surface area contributed by atoms with E-state index >= 15 is 0 Å². The molecule has 0 aliphatic carbocycles. The number of aliphatic carboxylic acids is 1.